The summed E-state index contributed by atoms with van der Waals surface area (Å²) in [5, 5.41) is 12.1. The van der Waals surface area contributed by atoms with E-state index in [1.807, 2.05) is 24.4 Å². The van der Waals surface area contributed by atoms with E-state index in [4.69, 9.17) is 11.6 Å². The number of benzene rings is 2. The van der Waals surface area contributed by atoms with Crippen LogP contribution in [-0.4, -0.2) is 59.0 Å². The molecule has 3 atom stereocenters. The summed E-state index contributed by atoms with van der Waals surface area (Å²) in [4.78, 5) is 45.4. The minimum absolute atomic E-state index is 0.0124. The smallest absolute Gasteiger partial charge is 0.245 e. The molecule has 0 bridgehead atoms. The maximum absolute atomic E-state index is 14.3. The second kappa shape index (κ2) is 10.0. The Balaban J connectivity index is 1.13. The Kier molecular flexibility index (Phi) is 6.27. The Morgan fingerprint density at radius 3 is 2.81 bits per heavy atom. The van der Waals surface area contributed by atoms with Crippen LogP contribution in [0.1, 0.15) is 35.8 Å². The third kappa shape index (κ3) is 4.50. The summed E-state index contributed by atoms with van der Waals surface area (Å²) in [7, 11) is 0. The molecule has 2 amide bonds. The van der Waals surface area contributed by atoms with Crippen molar-refractivity contribution < 1.29 is 18.8 Å². The average molecular weight is 586 g/mol. The first kappa shape index (κ1) is 26.3. The maximum atomic E-state index is 14.3. The topological polar surface area (TPSA) is 114 Å². The number of hydrogen-bond donors (Lipinski definition) is 1. The van der Waals surface area contributed by atoms with E-state index in [0.717, 1.165) is 23.2 Å². The number of fused-ring (bicyclic) bond motifs is 3. The van der Waals surface area contributed by atoms with Gasteiger partial charge in [-0.1, -0.05) is 29.8 Å². The highest BCUT2D eigenvalue weighted by molar-refractivity contribution is 6.30. The quantitative estimate of drug-likeness (QED) is 0.288. The molecule has 1 N–H and O–H groups in total. The van der Waals surface area contributed by atoms with Crippen molar-refractivity contribution in [3.05, 3.63) is 83.2 Å². The first-order valence-corrected chi connectivity index (χ1v) is 14.0. The highest BCUT2D eigenvalue weighted by Crippen LogP contribution is 2.48. The number of aromatic nitrogens is 5. The van der Waals surface area contributed by atoms with Crippen molar-refractivity contribution in [1.29, 1.82) is 0 Å². The number of carbonyl (C=O) groups is 3. The van der Waals surface area contributed by atoms with Gasteiger partial charge in [-0.25, -0.2) is 13.9 Å². The molecule has 4 heterocycles. The van der Waals surface area contributed by atoms with E-state index in [0.29, 0.717) is 17.3 Å². The van der Waals surface area contributed by atoms with E-state index >= 15 is 0 Å². The van der Waals surface area contributed by atoms with Crippen molar-refractivity contribution in [3.8, 4) is 11.1 Å². The van der Waals surface area contributed by atoms with Crippen LogP contribution in [0, 0.1) is 11.7 Å². The van der Waals surface area contributed by atoms with Crippen molar-refractivity contribution in [2.75, 3.05) is 0 Å². The molecule has 2 aliphatic rings. The fourth-order valence-corrected chi connectivity index (χ4v) is 6.14. The molecular formula is C30H25ClFN7O3. The number of likely N-dealkylation sites (tertiary alicyclic amines) is 1. The molecule has 5 aromatic rings. The third-order valence-electron chi connectivity index (χ3n) is 8.13. The molecule has 1 saturated carbocycles. The van der Waals surface area contributed by atoms with Gasteiger partial charge in [-0.3, -0.25) is 19.1 Å². The van der Waals surface area contributed by atoms with Crippen molar-refractivity contribution in [3.63, 3.8) is 0 Å². The van der Waals surface area contributed by atoms with Gasteiger partial charge in [-0.15, -0.1) is 0 Å². The van der Waals surface area contributed by atoms with Gasteiger partial charge in [0, 0.05) is 54.5 Å². The van der Waals surface area contributed by atoms with Crippen LogP contribution in [0.25, 0.3) is 27.7 Å². The number of piperidine rings is 1. The Labute approximate surface area is 244 Å². The average Bonchev–Trinajstić information content (AvgIpc) is 3.30. The predicted octanol–water partition coefficient (Wildman–Crippen LogP) is 4.05. The summed E-state index contributed by atoms with van der Waals surface area (Å²) in [5.41, 5.74) is 3.53. The van der Waals surface area contributed by atoms with Crippen LogP contribution >= 0.6 is 11.6 Å². The van der Waals surface area contributed by atoms with Crippen LogP contribution < -0.4 is 5.32 Å². The standard InChI is InChI=1S/C30H25ClFN7O3/c1-16(40)29-21-9-17(20-13-33-26-7-8-35-38(26)14-20)5-6-23(21)37(36-29)15-27(41)39-24-10-19(24)11-25(39)30(42)34-12-18-3-2-4-22(31)28(18)32/h2-9,13-14,19,24-25H,10-12,15H2,1H3,(H,34,42)/t19-,24-,25+/m1/s1. The second-order valence-corrected chi connectivity index (χ2v) is 11.2. The van der Waals surface area contributed by atoms with Crippen molar-refractivity contribution in [2.45, 2.75) is 44.9 Å². The van der Waals surface area contributed by atoms with Crippen LogP contribution in [0.3, 0.4) is 0 Å². The molecule has 2 aromatic carbocycles. The third-order valence-corrected chi connectivity index (χ3v) is 8.42. The minimum atomic E-state index is -0.658. The Morgan fingerprint density at radius 2 is 1.98 bits per heavy atom. The molecule has 1 aliphatic carbocycles. The first-order chi connectivity index (χ1) is 20.3. The zero-order chi connectivity index (χ0) is 29.1. The zero-order valence-electron chi connectivity index (χ0n) is 22.5. The molecule has 0 unspecified atom stereocenters. The highest BCUT2D eigenvalue weighted by atomic mass is 35.5. The lowest BCUT2D eigenvalue weighted by atomic mass is 10.0. The number of nitrogens with one attached hydrogen (secondary N) is 1. The number of Topliss-reactive ketones (excluding diaryl/α,β-unsaturated/α-hetero) is 1. The van der Waals surface area contributed by atoms with Crippen LogP contribution in [0.4, 0.5) is 4.39 Å². The van der Waals surface area contributed by atoms with Gasteiger partial charge < -0.3 is 10.2 Å². The lowest BCUT2D eigenvalue weighted by molar-refractivity contribution is -0.140. The molecule has 0 radical (unpaired) electrons. The number of halogens is 2. The van der Waals surface area contributed by atoms with E-state index < -0.39 is 11.9 Å². The Bertz CT molecular complexity index is 1920. The van der Waals surface area contributed by atoms with Crippen molar-refractivity contribution in [1.82, 2.24) is 34.6 Å². The number of rotatable bonds is 7. The van der Waals surface area contributed by atoms with E-state index in [9.17, 15) is 18.8 Å². The fraction of sp³-hybridized carbons (Fsp3) is 0.267. The molecule has 1 aliphatic heterocycles. The Morgan fingerprint density at radius 1 is 1.12 bits per heavy atom. The Hall–Kier alpha value is -4.64. The monoisotopic (exact) mass is 585 g/mol. The molecular weight excluding hydrogens is 561 g/mol. The molecule has 12 heteroatoms. The maximum Gasteiger partial charge on any atom is 0.245 e. The minimum Gasteiger partial charge on any atom is -0.350 e. The number of nitrogens with zero attached hydrogens (tertiary/aromatic N) is 6. The van der Waals surface area contributed by atoms with E-state index in [2.05, 4.69) is 20.5 Å². The SMILES string of the molecule is CC(=O)c1nn(CC(=O)N2[C@@H]3C[C@@H]3C[C@H]2C(=O)NCc2cccc(Cl)c2F)c2ccc(-c3cnc4ccnn4c3)cc12. The molecule has 7 rings (SSSR count). The van der Waals surface area contributed by atoms with Gasteiger partial charge >= 0.3 is 0 Å². The predicted molar refractivity (Wildman–Crippen MR) is 152 cm³/mol. The molecule has 10 nitrogen and oxygen atoms in total. The van der Waals surface area contributed by atoms with E-state index in [1.165, 1.54) is 17.7 Å². The summed E-state index contributed by atoms with van der Waals surface area (Å²) in [6.07, 6.45) is 6.66. The van der Waals surface area contributed by atoms with Crippen molar-refractivity contribution in [2.24, 2.45) is 5.92 Å². The first-order valence-electron chi connectivity index (χ1n) is 13.6. The van der Waals surface area contributed by atoms with Gasteiger partial charge in [0.1, 0.15) is 24.1 Å². The fourth-order valence-electron chi connectivity index (χ4n) is 5.94. The van der Waals surface area contributed by atoms with Gasteiger partial charge in [0.25, 0.3) is 0 Å². The van der Waals surface area contributed by atoms with Crippen LogP contribution in [0.5, 0.6) is 0 Å². The lowest BCUT2D eigenvalue weighted by Gasteiger charge is -2.27. The van der Waals surface area contributed by atoms with Gasteiger partial charge in [-0.2, -0.15) is 10.2 Å². The largest absolute Gasteiger partial charge is 0.350 e. The number of ketones is 1. The summed E-state index contributed by atoms with van der Waals surface area (Å²) < 4.78 is 17.5. The molecule has 212 valence electrons. The van der Waals surface area contributed by atoms with Gasteiger partial charge in [0.2, 0.25) is 11.8 Å². The molecule has 0 spiro atoms. The van der Waals surface area contributed by atoms with Crippen LogP contribution in [-0.2, 0) is 22.7 Å². The normalized spacial score (nSPS) is 19.3. The summed E-state index contributed by atoms with van der Waals surface area (Å²) in [6, 6.07) is 11.3. The van der Waals surface area contributed by atoms with E-state index in [1.54, 1.807) is 40.0 Å². The number of carbonyl (C=O) groups excluding carboxylic acids is 3. The number of hydrogen-bond acceptors (Lipinski definition) is 6. The molecule has 42 heavy (non-hydrogen) atoms. The summed E-state index contributed by atoms with van der Waals surface area (Å²) in [6.45, 7) is 1.28. The van der Waals surface area contributed by atoms with Crippen LogP contribution in [0.2, 0.25) is 5.02 Å². The van der Waals surface area contributed by atoms with Gasteiger partial charge in [0.05, 0.1) is 16.7 Å². The summed E-state index contributed by atoms with van der Waals surface area (Å²) in [5.74, 6) is -1.13. The highest BCUT2D eigenvalue weighted by Gasteiger charge is 2.56. The number of amides is 2. The lowest BCUT2D eigenvalue weighted by Crippen LogP contribution is -2.48. The zero-order valence-corrected chi connectivity index (χ0v) is 23.3. The summed E-state index contributed by atoms with van der Waals surface area (Å²) >= 11 is 5.87. The molecule has 3 aromatic heterocycles. The van der Waals surface area contributed by atoms with E-state index in [-0.39, 0.29) is 58.9 Å². The van der Waals surface area contributed by atoms with Gasteiger partial charge in [-0.05, 0) is 42.5 Å². The van der Waals surface area contributed by atoms with Gasteiger partial charge in [0.15, 0.2) is 11.4 Å². The van der Waals surface area contributed by atoms with Crippen LogP contribution in [0.15, 0.2) is 61.1 Å². The molecule has 1 saturated heterocycles. The molecule has 2 fully saturated rings. The van der Waals surface area contributed by atoms with Crippen molar-refractivity contribution >= 4 is 45.7 Å². The second-order valence-electron chi connectivity index (χ2n) is 10.8.